The Morgan fingerprint density at radius 2 is 1.78 bits per heavy atom. The van der Waals surface area contributed by atoms with Gasteiger partial charge in [0.05, 0.1) is 10.4 Å². The van der Waals surface area contributed by atoms with Crippen molar-refractivity contribution in [1.82, 2.24) is 9.29 Å². The maximum absolute atomic E-state index is 13.0. The van der Waals surface area contributed by atoms with Gasteiger partial charge in [-0.1, -0.05) is 12.1 Å². The number of hydrogen-bond acceptors (Lipinski definition) is 5. The number of aryl methyl sites for hydroxylation is 1. The van der Waals surface area contributed by atoms with Crippen LogP contribution in [0.5, 0.6) is 0 Å². The quantitative estimate of drug-likeness (QED) is 0.745. The zero-order valence-corrected chi connectivity index (χ0v) is 16.0. The molecule has 27 heavy (non-hydrogen) atoms. The van der Waals surface area contributed by atoms with Crippen LogP contribution in [-0.4, -0.2) is 43.9 Å². The lowest BCUT2D eigenvalue weighted by Gasteiger charge is -2.36. The molecule has 7 nitrogen and oxygen atoms in total. The van der Waals surface area contributed by atoms with Crippen LogP contribution in [0.25, 0.3) is 11.1 Å². The van der Waals surface area contributed by atoms with Gasteiger partial charge in [0.1, 0.15) is 0 Å². The van der Waals surface area contributed by atoms with Crippen LogP contribution in [0.4, 0.5) is 5.69 Å². The Morgan fingerprint density at radius 3 is 2.52 bits per heavy atom. The number of aromatic nitrogens is 1. The van der Waals surface area contributed by atoms with E-state index in [0.717, 1.165) is 5.69 Å². The van der Waals surface area contributed by atoms with Gasteiger partial charge >= 0.3 is 5.76 Å². The summed E-state index contributed by atoms with van der Waals surface area (Å²) in [4.78, 5) is 16.2. The maximum atomic E-state index is 13.0. The third-order valence-corrected chi connectivity index (χ3v) is 7.08. The maximum Gasteiger partial charge on any atom is 0.417 e. The van der Waals surface area contributed by atoms with E-state index in [1.165, 1.54) is 27.6 Å². The predicted octanol–water partition coefficient (Wildman–Crippen LogP) is 2.25. The summed E-state index contributed by atoms with van der Waals surface area (Å²) in [7, 11) is -3.64. The summed E-state index contributed by atoms with van der Waals surface area (Å²) >= 11 is 0. The minimum atomic E-state index is -3.64. The highest BCUT2D eigenvalue weighted by Gasteiger charge is 2.29. The number of nitrogens with one attached hydrogen (secondary N) is 1. The second-order valence-corrected chi connectivity index (χ2v) is 8.72. The van der Waals surface area contributed by atoms with Crippen LogP contribution in [0.2, 0.25) is 0 Å². The number of rotatable bonds is 3. The average molecular weight is 387 g/mol. The van der Waals surface area contributed by atoms with Crippen LogP contribution in [0.3, 0.4) is 0 Å². The number of anilines is 1. The van der Waals surface area contributed by atoms with Crippen molar-refractivity contribution in [2.24, 2.45) is 0 Å². The molecular weight excluding hydrogens is 366 g/mol. The van der Waals surface area contributed by atoms with E-state index in [2.05, 4.69) is 35.9 Å². The molecule has 0 saturated carbocycles. The Balaban J connectivity index is 1.55. The van der Waals surface area contributed by atoms with Gasteiger partial charge < -0.3 is 9.32 Å². The molecule has 0 bridgehead atoms. The number of piperazine rings is 1. The highest BCUT2D eigenvalue weighted by atomic mass is 32.2. The highest BCUT2D eigenvalue weighted by Crippen LogP contribution is 2.26. The van der Waals surface area contributed by atoms with E-state index in [0.29, 0.717) is 31.7 Å². The summed E-state index contributed by atoms with van der Waals surface area (Å²) in [6.45, 7) is 6.24. The first-order valence-electron chi connectivity index (χ1n) is 8.80. The lowest BCUT2D eigenvalue weighted by molar-refractivity contribution is 0.384. The standard InChI is InChI=1S/C19H21N3O4S/c1-13-4-3-5-17(14(13)2)21-8-10-22(11-9-21)27(24,25)15-6-7-16-18(12-15)26-19(23)20-16/h3-7,12H,8-11H2,1-2H3,(H,20,23). The number of aromatic amines is 1. The van der Waals surface area contributed by atoms with E-state index < -0.39 is 15.8 Å². The van der Waals surface area contributed by atoms with Crippen molar-refractivity contribution in [2.45, 2.75) is 18.7 Å². The lowest BCUT2D eigenvalue weighted by Crippen LogP contribution is -2.48. The average Bonchev–Trinajstić information content (AvgIpc) is 3.03. The zero-order valence-electron chi connectivity index (χ0n) is 15.2. The van der Waals surface area contributed by atoms with Gasteiger partial charge in [-0.15, -0.1) is 0 Å². The minimum absolute atomic E-state index is 0.137. The Labute approximate surface area is 157 Å². The number of nitrogens with zero attached hydrogens (tertiary/aromatic N) is 2. The van der Waals surface area contributed by atoms with E-state index in [4.69, 9.17) is 4.42 Å². The van der Waals surface area contributed by atoms with Crippen LogP contribution in [0.15, 0.2) is 50.5 Å². The third-order valence-electron chi connectivity index (χ3n) is 5.19. The second kappa shape index (κ2) is 6.54. The molecule has 2 aromatic carbocycles. The number of sulfonamides is 1. The fourth-order valence-electron chi connectivity index (χ4n) is 3.48. The number of benzene rings is 2. The molecule has 1 aliphatic heterocycles. The predicted molar refractivity (Wildman–Crippen MR) is 104 cm³/mol. The smallest absolute Gasteiger partial charge is 0.408 e. The first kappa shape index (κ1) is 17.8. The summed E-state index contributed by atoms with van der Waals surface area (Å²) in [6.07, 6.45) is 0. The molecule has 0 unspecified atom stereocenters. The normalized spacial score (nSPS) is 16.1. The molecule has 0 amide bonds. The van der Waals surface area contributed by atoms with Gasteiger partial charge in [0.2, 0.25) is 10.0 Å². The van der Waals surface area contributed by atoms with Gasteiger partial charge in [-0.05, 0) is 43.2 Å². The van der Waals surface area contributed by atoms with Gasteiger partial charge in [0.25, 0.3) is 0 Å². The molecule has 4 rings (SSSR count). The van der Waals surface area contributed by atoms with Crippen LogP contribution >= 0.6 is 0 Å². The van der Waals surface area contributed by atoms with Crippen LogP contribution < -0.4 is 10.7 Å². The topological polar surface area (TPSA) is 86.6 Å². The van der Waals surface area contributed by atoms with Crippen molar-refractivity contribution >= 4 is 26.8 Å². The molecule has 0 radical (unpaired) electrons. The van der Waals surface area contributed by atoms with Crippen molar-refractivity contribution in [3.8, 4) is 0 Å². The molecule has 0 atom stereocenters. The molecule has 0 aliphatic carbocycles. The molecule has 142 valence electrons. The Kier molecular flexibility index (Phi) is 4.32. The number of oxazole rings is 1. The van der Waals surface area contributed by atoms with Gasteiger partial charge in [-0.25, -0.2) is 13.2 Å². The van der Waals surface area contributed by atoms with Crippen LogP contribution in [0.1, 0.15) is 11.1 Å². The SMILES string of the molecule is Cc1cccc(N2CCN(S(=O)(=O)c3ccc4[nH]c(=O)oc4c3)CC2)c1C. The van der Waals surface area contributed by atoms with Crippen LogP contribution in [0, 0.1) is 13.8 Å². The van der Waals surface area contributed by atoms with Gasteiger partial charge in [0, 0.05) is 37.9 Å². The highest BCUT2D eigenvalue weighted by molar-refractivity contribution is 7.89. The Morgan fingerprint density at radius 1 is 1.04 bits per heavy atom. The summed E-state index contributed by atoms with van der Waals surface area (Å²) in [5, 5.41) is 0. The van der Waals surface area contributed by atoms with Crippen molar-refractivity contribution < 1.29 is 12.8 Å². The first-order valence-corrected chi connectivity index (χ1v) is 10.2. The van der Waals surface area contributed by atoms with E-state index >= 15 is 0 Å². The summed E-state index contributed by atoms with van der Waals surface area (Å²) in [6, 6.07) is 10.6. The van der Waals surface area contributed by atoms with Crippen molar-refractivity contribution in [2.75, 3.05) is 31.1 Å². The van der Waals surface area contributed by atoms with E-state index in [1.54, 1.807) is 6.07 Å². The fourth-order valence-corrected chi connectivity index (χ4v) is 4.92. The van der Waals surface area contributed by atoms with Gasteiger partial charge in [0.15, 0.2) is 5.58 Å². The largest absolute Gasteiger partial charge is 0.417 e. The second-order valence-electron chi connectivity index (χ2n) is 6.78. The molecule has 2 heterocycles. The van der Waals surface area contributed by atoms with Crippen molar-refractivity contribution in [1.29, 1.82) is 0 Å². The molecule has 0 spiro atoms. The Bertz CT molecular complexity index is 1160. The number of fused-ring (bicyclic) bond motifs is 1. The minimum Gasteiger partial charge on any atom is -0.408 e. The molecule has 1 N–H and O–H groups in total. The van der Waals surface area contributed by atoms with E-state index in [1.807, 2.05) is 6.07 Å². The van der Waals surface area contributed by atoms with E-state index in [9.17, 15) is 13.2 Å². The lowest BCUT2D eigenvalue weighted by atomic mass is 10.1. The number of H-pyrrole nitrogens is 1. The molecule has 8 heteroatoms. The molecule has 1 fully saturated rings. The monoisotopic (exact) mass is 387 g/mol. The first-order chi connectivity index (χ1) is 12.9. The fraction of sp³-hybridized carbons (Fsp3) is 0.316. The number of hydrogen-bond donors (Lipinski definition) is 1. The molecule has 1 saturated heterocycles. The summed E-state index contributed by atoms with van der Waals surface area (Å²) in [5.74, 6) is -0.596. The zero-order chi connectivity index (χ0) is 19.2. The van der Waals surface area contributed by atoms with Crippen LogP contribution in [-0.2, 0) is 10.0 Å². The molecule has 1 aliphatic rings. The molecular formula is C19H21N3O4S. The van der Waals surface area contributed by atoms with Crippen molar-refractivity contribution in [3.05, 3.63) is 58.1 Å². The molecule has 1 aromatic heterocycles. The van der Waals surface area contributed by atoms with Gasteiger partial charge in [-0.3, -0.25) is 4.98 Å². The Hall–Kier alpha value is -2.58. The molecule has 3 aromatic rings. The summed E-state index contributed by atoms with van der Waals surface area (Å²) in [5.41, 5.74) is 4.34. The van der Waals surface area contributed by atoms with Crippen molar-refractivity contribution in [3.63, 3.8) is 0 Å². The summed E-state index contributed by atoms with van der Waals surface area (Å²) < 4.78 is 32.4. The van der Waals surface area contributed by atoms with E-state index in [-0.39, 0.29) is 10.5 Å². The third kappa shape index (κ3) is 3.15. The van der Waals surface area contributed by atoms with Gasteiger partial charge in [-0.2, -0.15) is 4.31 Å².